The van der Waals surface area contributed by atoms with Gasteiger partial charge in [0.2, 0.25) is 0 Å². The molecule has 0 saturated carbocycles. The summed E-state index contributed by atoms with van der Waals surface area (Å²) in [5, 5.41) is 2.49. The average molecular weight is 419 g/mol. The number of amides is 2. The third kappa shape index (κ3) is 4.16. The molecule has 3 heterocycles. The van der Waals surface area contributed by atoms with Crippen LogP contribution in [0.25, 0.3) is 11.3 Å². The molecule has 2 amide bonds. The van der Waals surface area contributed by atoms with Crippen molar-refractivity contribution in [3.05, 3.63) is 78.0 Å². The van der Waals surface area contributed by atoms with Crippen molar-refractivity contribution >= 4 is 28.3 Å². The van der Waals surface area contributed by atoms with E-state index in [4.69, 9.17) is 0 Å². The molecule has 0 N–H and O–H groups in total. The maximum atomic E-state index is 13.2. The number of thiazole rings is 1. The quantitative estimate of drug-likeness (QED) is 0.561. The summed E-state index contributed by atoms with van der Waals surface area (Å²) in [6.07, 6.45) is 3.66. The smallest absolute Gasteiger partial charge is 0.278 e. The maximum Gasteiger partial charge on any atom is 0.278 e. The van der Waals surface area contributed by atoms with Gasteiger partial charge in [-0.2, -0.15) is 0 Å². The molecule has 1 saturated heterocycles. The highest BCUT2D eigenvalue weighted by atomic mass is 32.1. The monoisotopic (exact) mass is 418 g/mol. The molecule has 152 valence electrons. The molecule has 0 aliphatic carbocycles. The van der Waals surface area contributed by atoms with Crippen molar-refractivity contribution < 1.29 is 9.59 Å². The molecule has 3 aromatic rings. The number of carbonyl (C=O) groups excluding carboxylic acids is 2. The first-order chi connectivity index (χ1) is 14.7. The Labute approximate surface area is 179 Å². The lowest BCUT2D eigenvalue weighted by atomic mass is 10.2. The summed E-state index contributed by atoms with van der Waals surface area (Å²) >= 11 is 1.39. The first-order valence-corrected chi connectivity index (χ1v) is 10.8. The van der Waals surface area contributed by atoms with Crippen LogP contribution in [-0.2, 0) is 0 Å². The first kappa shape index (κ1) is 20.0. The lowest BCUT2D eigenvalue weighted by molar-refractivity contribution is 0.0787. The van der Waals surface area contributed by atoms with Gasteiger partial charge in [0.05, 0.1) is 5.69 Å². The third-order valence-corrected chi connectivity index (χ3v) is 5.79. The zero-order valence-corrected chi connectivity index (χ0v) is 17.3. The second-order valence-corrected chi connectivity index (χ2v) is 7.83. The van der Waals surface area contributed by atoms with Crippen LogP contribution < -0.4 is 4.90 Å². The van der Waals surface area contributed by atoms with Gasteiger partial charge in [-0.1, -0.05) is 42.5 Å². The van der Waals surface area contributed by atoms with Gasteiger partial charge in [-0.25, -0.2) is 9.97 Å². The Bertz CT molecular complexity index is 1060. The minimum atomic E-state index is -0.306. The molecule has 0 atom stereocenters. The van der Waals surface area contributed by atoms with Crippen molar-refractivity contribution in [3.63, 3.8) is 0 Å². The molecule has 0 bridgehead atoms. The molecule has 1 aliphatic heterocycles. The van der Waals surface area contributed by atoms with E-state index in [1.54, 1.807) is 29.2 Å². The molecule has 4 rings (SSSR count). The van der Waals surface area contributed by atoms with Crippen LogP contribution in [0.2, 0.25) is 0 Å². The van der Waals surface area contributed by atoms with Gasteiger partial charge in [-0.15, -0.1) is 17.9 Å². The highest BCUT2D eigenvalue weighted by Gasteiger charge is 2.24. The van der Waals surface area contributed by atoms with Gasteiger partial charge in [0.1, 0.15) is 11.4 Å². The Morgan fingerprint density at radius 2 is 1.77 bits per heavy atom. The molecular weight excluding hydrogens is 396 g/mol. The predicted molar refractivity (Wildman–Crippen MR) is 119 cm³/mol. The minimum absolute atomic E-state index is 0.127. The lowest BCUT2D eigenvalue weighted by Crippen LogP contribution is -2.33. The van der Waals surface area contributed by atoms with Gasteiger partial charge in [0, 0.05) is 30.6 Å². The van der Waals surface area contributed by atoms with Gasteiger partial charge >= 0.3 is 0 Å². The number of carbonyl (C=O) groups is 2. The Morgan fingerprint density at radius 3 is 2.50 bits per heavy atom. The summed E-state index contributed by atoms with van der Waals surface area (Å²) in [6, 6.07) is 14.8. The highest BCUT2D eigenvalue weighted by molar-refractivity contribution is 7.14. The van der Waals surface area contributed by atoms with Gasteiger partial charge in [-0.05, 0) is 25.0 Å². The molecule has 1 aromatic carbocycles. The number of likely N-dealkylation sites (tertiary alicyclic amines) is 1. The van der Waals surface area contributed by atoms with E-state index in [1.807, 2.05) is 35.7 Å². The molecular formula is C23H22N4O2S. The van der Waals surface area contributed by atoms with Crippen molar-refractivity contribution in [1.29, 1.82) is 0 Å². The molecule has 6 nitrogen and oxygen atoms in total. The average Bonchev–Trinajstić information content (AvgIpc) is 3.50. The number of rotatable bonds is 6. The van der Waals surface area contributed by atoms with Crippen molar-refractivity contribution in [2.45, 2.75) is 12.8 Å². The standard InChI is InChI=1S/C23H22N4O2S/c1-2-13-27(23-25-20(16-30-23)17-9-4-3-5-10-17)22(29)19-12-8-11-18(24-19)21(28)26-14-6-7-15-26/h2-5,8-12,16H,1,6-7,13-15H2. The highest BCUT2D eigenvalue weighted by Crippen LogP contribution is 2.28. The van der Waals surface area contributed by atoms with Crippen LogP contribution in [0.4, 0.5) is 5.13 Å². The number of anilines is 1. The van der Waals surface area contributed by atoms with Crippen LogP contribution in [0.1, 0.15) is 33.8 Å². The Kier molecular flexibility index (Phi) is 5.99. The summed E-state index contributed by atoms with van der Waals surface area (Å²) in [6.45, 7) is 5.54. The van der Waals surface area contributed by atoms with E-state index >= 15 is 0 Å². The van der Waals surface area contributed by atoms with Crippen LogP contribution in [0, 0.1) is 0 Å². The second kappa shape index (κ2) is 9.00. The van der Waals surface area contributed by atoms with Gasteiger partial charge in [0.15, 0.2) is 5.13 Å². The van der Waals surface area contributed by atoms with Crippen LogP contribution in [-0.4, -0.2) is 46.3 Å². The first-order valence-electron chi connectivity index (χ1n) is 9.87. The van der Waals surface area contributed by atoms with Crippen LogP contribution >= 0.6 is 11.3 Å². The normalized spacial score (nSPS) is 13.3. The molecule has 2 aromatic heterocycles. The van der Waals surface area contributed by atoms with Crippen molar-refractivity contribution in [2.24, 2.45) is 0 Å². The zero-order chi connectivity index (χ0) is 20.9. The predicted octanol–water partition coefficient (Wildman–Crippen LogP) is 4.27. The van der Waals surface area contributed by atoms with Crippen molar-refractivity contribution in [3.8, 4) is 11.3 Å². The molecule has 0 spiro atoms. The van der Waals surface area contributed by atoms with Gasteiger partial charge in [0.25, 0.3) is 11.8 Å². The van der Waals surface area contributed by atoms with Crippen LogP contribution in [0.3, 0.4) is 0 Å². The fourth-order valence-corrected chi connectivity index (χ4v) is 4.24. The molecule has 1 fully saturated rings. The minimum Gasteiger partial charge on any atom is -0.337 e. The summed E-state index contributed by atoms with van der Waals surface area (Å²) in [7, 11) is 0. The summed E-state index contributed by atoms with van der Waals surface area (Å²) in [5.41, 5.74) is 2.31. The Hall–Kier alpha value is -3.32. The SMILES string of the molecule is C=CCN(C(=O)c1cccc(C(=O)N2CCCC2)n1)c1nc(-c2ccccc2)cs1. The van der Waals surface area contributed by atoms with E-state index in [-0.39, 0.29) is 17.5 Å². The largest absolute Gasteiger partial charge is 0.337 e. The van der Waals surface area contributed by atoms with E-state index in [0.717, 1.165) is 37.2 Å². The molecule has 30 heavy (non-hydrogen) atoms. The van der Waals surface area contributed by atoms with E-state index < -0.39 is 0 Å². The Balaban J connectivity index is 1.60. The maximum absolute atomic E-state index is 13.2. The van der Waals surface area contributed by atoms with E-state index in [1.165, 1.54) is 16.2 Å². The zero-order valence-electron chi connectivity index (χ0n) is 16.5. The molecule has 1 aliphatic rings. The fourth-order valence-electron chi connectivity index (χ4n) is 3.40. The van der Waals surface area contributed by atoms with E-state index in [9.17, 15) is 9.59 Å². The van der Waals surface area contributed by atoms with Gasteiger partial charge in [-0.3, -0.25) is 14.5 Å². The van der Waals surface area contributed by atoms with Crippen LogP contribution in [0.15, 0.2) is 66.6 Å². The summed E-state index contributed by atoms with van der Waals surface area (Å²) in [4.78, 5) is 38.2. The van der Waals surface area contributed by atoms with Gasteiger partial charge < -0.3 is 4.90 Å². The number of hydrogen-bond donors (Lipinski definition) is 0. The van der Waals surface area contributed by atoms with Crippen LogP contribution in [0.5, 0.6) is 0 Å². The lowest BCUT2D eigenvalue weighted by Gasteiger charge is -2.18. The number of pyridine rings is 1. The number of benzene rings is 1. The molecule has 7 heteroatoms. The number of nitrogens with zero attached hydrogens (tertiary/aromatic N) is 4. The Morgan fingerprint density at radius 1 is 1.03 bits per heavy atom. The van der Waals surface area contributed by atoms with E-state index in [0.29, 0.717) is 17.4 Å². The van der Waals surface area contributed by atoms with E-state index in [2.05, 4.69) is 16.5 Å². The third-order valence-electron chi connectivity index (χ3n) is 4.93. The number of hydrogen-bond acceptors (Lipinski definition) is 5. The molecule has 0 radical (unpaired) electrons. The van der Waals surface area contributed by atoms with Crippen molar-refractivity contribution in [2.75, 3.05) is 24.5 Å². The van der Waals surface area contributed by atoms with Crippen molar-refractivity contribution in [1.82, 2.24) is 14.9 Å². The summed E-state index contributed by atoms with van der Waals surface area (Å²) < 4.78 is 0. The second-order valence-electron chi connectivity index (χ2n) is 6.99. The number of aromatic nitrogens is 2. The topological polar surface area (TPSA) is 66.4 Å². The molecule has 0 unspecified atom stereocenters. The summed E-state index contributed by atoms with van der Waals surface area (Å²) in [5.74, 6) is -0.432. The fraction of sp³-hybridized carbons (Fsp3) is 0.217.